The monoisotopic (exact) mass is 435 g/mol. The van der Waals surface area contributed by atoms with Gasteiger partial charge in [0, 0.05) is 23.5 Å². The number of anilines is 5. The van der Waals surface area contributed by atoms with Gasteiger partial charge < -0.3 is 10.6 Å². The molecule has 0 aliphatic carbocycles. The molecule has 0 spiro atoms. The Balaban J connectivity index is 1.63. The Hall–Kier alpha value is -3.42. The van der Waals surface area contributed by atoms with E-state index >= 15 is 0 Å². The number of benzene rings is 2. The van der Waals surface area contributed by atoms with Crippen molar-refractivity contribution in [3.05, 3.63) is 89.2 Å². The SMILES string of the molecule is Cc1ccc(NC(=O)Nc2ccccc2Cl)cc1N(c1cccnc1)c1nccs1. The molecule has 6 nitrogen and oxygen atoms in total. The number of thiazole rings is 1. The average Bonchev–Trinajstić information content (AvgIpc) is 3.27. The number of aryl methyl sites for hydroxylation is 1. The summed E-state index contributed by atoms with van der Waals surface area (Å²) in [7, 11) is 0. The van der Waals surface area contributed by atoms with E-state index in [2.05, 4.69) is 20.6 Å². The van der Waals surface area contributed by atoms with Gasteiger partial charge >= 0.3 is 6.03 Å². The van der Waals surface area contributed by atoms with Gasteiger partial charge in [-0.15, -0.1) is 11.3 Å². The van der Waals surface area contributed by atoms with Crippen LogP contribution in [-0.4, -0.2) is 16.0 Å². The second kappa shape index (κ2) is 8.94. The van der Waals surface area contributed by atoms with E-state index < -0.39 is 0 Å². The number of urea groups is 1. The van der Waals surface area contributed by atoms with Gasteiger partial charge in [-0.05, 0) is 48.9 Å². The van der Waals surface area contributed by atoms with Crippen molar-refractivity contribution in [2.24, 2.45) is 0 Å². The number of nitrogens with zero attached hydrogens (tertiary/aromatic N) is 3. The van der Waals surface area contributed by atoms with Crippen LogP contribution in [0.5, 0.6) is 0 Å². The van der Waals surface area contributed by atoms with E-state index in [0.717, 1.165) is 22.1 Å². The molecule has 2 amide bonds. The van der Waals surface area contributed by atoms with Gasteiger partial charge in [-0.1, -0.05) is 29.8 Å². The van der Waals surface area contributed by atoms with Crippen molar-refractivity contribution in [2.75, 3.05) is 15.5 Å². The van der Waals surface area contributed by atoms with Crippen molar-refractivity contribution >= 4 is 56.8 Å². The van der Waals surface area contributed by atoms with Crippen LogP contribution in [0, 0.1) is 6.92 Å². The summed E-state index contributed by atoms with van der Waals surface area (Å²) in [4.78, 5) is 23.2. The molecular weight excluding hydrogens is 418 g/mol. The normalized spacial score (nSPS) is 10.5. The summed E-state index contributed by atoms with van der Waals surface area (Å²) < 4.78 is 0. The Morgan fingerprint density at radius 3 is 2.67 bits per heavy atom. The lowest BCUT2D eigenvalue weighted by atomic mass is 10.1. The predicted molar refractivity (Wildman–Crippen MR) is 123 cm³/mol. The lowest BCUT2D eigenvalue weighted by Crippen LogP contribution is -2.20. The minimum absolute atomic E-state index is 0.375. The molecule has 0 radical (unpaired) electrons. The molecule has 0 fully saturated rings. The van der Waals surface area contributed by atoms with Crippen LogP contribution in [0.3, 0.4) is 0 Å². The van der Waals surface area contributed by atoms with E-state index in [4.69, 9.17) is 11.6 Å². The van der Waals surface area contributed by atoms with Crippen molar-refractivity contribution in [2.45, 2.75) is 6.92 Å². The van der Waals surface area contributed by atoms with E-state index in [9.17, 15) is 4.79 Å². The van der Waals surface area contributed by atoms with Crippen LogP contribution in [0.4, 0.5) is 32.7 Å². The largest absolute Gasteiger partial charge is 0.323 e. The second-order valence-corrected chi connectivity index (χ2v) is 7.70. The van der Waals surface area contributed by atoms with Crippen molar-refractivity contribution in [1.82, 2.24) is 9.97 Å². The number of pyridine rings is 1. The third kappa shape index (κ3) is 4.42. The smallest absolute Gasteiger partial charge is 0.308 e. The number of carbonyl (C=O) groups excluding carboxylic acids is 1. The fraction of sp³-hybridized carbons (Fsp3) is 0.0455. The molecule has 2 N–H and O–H groups in total. The molecule has 2 aromatic heterocycles. The summed E-state index contributed by atoms with van der Waals surface area (Å²) in [5.41, 5.74) is 4.00. The van der Waals surface area contributed by atoms with Gasteiger partial charge in [0.05, 0.1) is 28.3 Å². The Morgan fingerprint density at radius 2 is 1.93 bits per heavy atom. The molecule has 4 aromatic rings. The molecule has 30 heavy (non-hydrogen) atoms. The molecular formula is C22H18ClN5OS. The Morgan fingerprint density at radius 1 is 1.07 bits per heavy atom. The third-order valence-corrected chi connectivity index (χ3v) is 5.43. The molecule has 8 heteroatoms. The highest BCUT2D eigenvalue weighted by atomic mass is 35.5. The van der Waals surface area contributed by atoms with Crippen molar-refractivity contribution in [3.63, 3.8) is 0 Å². The number of hydrogen-bond acceptors (Lipinski definition) is 5. The number of amides is 2. The number of halogens is 1. The Kier molecular flexibility index (Phi) is 5.92. The molecule has 150 valence electrons. The summed E-state index contributed by atoms with van der Waals surface area (Å²) in [5.74, 6) is 0. The third-order valence-electron chi connectivity index (χ3n) is 4.34. The average molecular weight is 436 g/mol. The molecule has 0 unspecified atom stereocenters. The predicted octanol–water partition coefficient (Wildman–Crippen LogP) is 6.61. The quantitative estimate of drug-likeness (QED) is 0.370. The number of carbonyl (C=O) groups is 1. The van der Waals surface area contributed by atoms with E-state index in [1.165, 1.54) is 11.3 Å². The Labute approximate surface area is 183 Å². The molecule has 0 saturated heterocycles. The second-order valence-electron chi connectivity index (χ2n) is 6.42. The van der Waals surface area contributed by atoms with Crippen molar-refractivity contribution in [3.8, 4) is 0 Å². The molecule has 0 saturated carbocycles. The molecule has 0 atom stereocenters. The highest BCUT2D eigenvalue weighted by Crippen LogP contribution is 2.38. The molecule has 0 aliphatic heterocycles. The van der Waals surface area contributed by atoms with Gasteiger partial charge in [0.25, 0.3) is 0 Å². The molecule has 4 rings (SSSR count). The summed E-state index contributed by atoms with van der Waals surface area (Å²) in [6, 6.07) is 16.3. The molecule has 0 bridgehead atoms. The van der Waals surface area contributed by atoms with Crippen molar-refractivity contribution < 1.29 is 4.79 Å². The first-order valence-electron chi connectivity index (χ1n) is 9.14. The molecule has 0 aliphatic rings. The zero-order valence-corrected chi connectivity index (χ0v) is 17.6. The fourth-order valence-electron chi connectivity index (χ4n) is 2.94. The maximum atomic E-state index is 12.5. The Bertz CT molecular complexity index is 1150. The zero-order valence-electron chi connectivity index (χ0n) is 16.0. The number of rotatable bonds is 5. The minimum Gasteiger partial charge on any atom is -0.308 e. The van der Waals surface area contributed by atoms with Gasteiger partial charge in [0.15, 0.2) is 5.13 Å². The number of hydrogen-bond donors (Lipinski definition) is 2. The lowest BCUT2D eigenvalue weighted by Gasteiger charge is -2.24. The van der Waals surface area contributed by atoms with Crippen molar-refractivity contribution in [1.29, 1.82) is 0 Å². The van der Waals surface area contributed by atoms with Gasteiger partial charge in [-0.25, -0.2) is 9.78 Å². The number of nitrogens with one attached hydrogen (secondary N) is 2. The van der Waals surface area contributed by atoms with Crippen LogP contribution in [0.2, 0.25) is 5.02 Å². The van der Waals surface area contributed by atoms with Crippen LogP contribution in [0.15, 0.2) is 78.6 Å². The van der Waals surface area contributed by atoms with Crippen LogP contribution in [-0.2, 0) is 0 Å². The van der Waals surface area contributed by atoms with Crippen LogP contribution < -0.4 is 15.5 Å². The van der Waals surface area contributed by atoms with Gasteiger partial charge in [0.1, 0.15) is 0 Å². The van der Waals surface area contributed by atoms with Gasteiger partial charge in [-0.2, -0.15) is 0 Å². The summed E-state index contributed by atoms with van der Waals surface area (Å²) in [6.07, 6.45) is 5.27. The highest BCUT2D eigenvalue weighted by Gasteiger charge is 2.18. The first kappa shape index (κ1) is 19.9. The van der Waals surface area contributed by atoms with Gasteiger partial charge in [0.2, 0.25) is 0 Å². The number of para-hydroxylation sites is 1. The maximum Gasteiger partial charge on any atom is 0.323 e. The van der Waals surface area contributed by atoms with E-state index in [0.29, 0.717) is 16.4 Å². The summed E-state index contributed by atoms with van der Waals surface area (Å²) in [5, 5.41) is 8.84. The fourth-order valence-corrected chi connectivity index (χ4v) is 3.80. The minimum atomic E-state index is -0.375. The van der Waals surface area contributed by atoms with E-state index in [1.54, 1.807) is 30.7 Å². The highest BCUT2D eigenvalue weighted by molar-refractivity contribution is 7.13. The first-order chi connectivity index (χ1) is 14.6. The van der Waals surface area contributed by atoms with E-state index in [1.807, 2.05) is 59.7 Å². The van der Waals surface area contributed by atoms with Gasteiger partial charge in [-0.3, -0.25) is 9.88 Å². The maximum absolute atomic E-state index is 12.5. The number of aromatic nitrogens is 2. The van der Waals surface area contributed by atoms with Crippen LogP contribution in [0.1, 0.15) is 5.56 Å². The lowest BCUT2D eigenvalue weighted by molar-refractivity contribution is 0.262. The van der Waals surface area contributed by atoms with Crippen LogP contribution in [0.25, 0.3) is 0 Å². The molecule has 2 aromatic carbocycles. The summed E-state index contributed by atoms with van der Waals surface area (Å²) in [6.45, 7) is 2.01. The standard InChI is InChI=1S/C22H18ClN5OS/c1-15-8-9-16(26-21(29)27-19-7-3-2-6-18(19)23)13-20(15)28(22-25-11-12-30-22)17-5-4-10-24-14-17/h2-14H,1H3,(H2,26,27,29). The summed E-state index contributed by atoms with van der Waals surface area (Å²) >= 11 is 7.65. The zero-order chi connectivity index (χ0) is 20.9. The molecule has 2 heterocycles. The van der Waals surface area contributed by atoms with Crippen LogP contribution >= 0.6 is 22.9 Å². The topological polar surface area (TPSA) is 70.2 Å². The van der Waals surface area contributed by atoms with E-state index in [-0.39, 0.29) is 6.03 Å². The first-order valence-corrected chi connectivity index (χ1v) is 10.4.